The Morgan fingerprint density at radius 2 is 0.579 bits per heavy atom. The summed E-state index contributed by atoms with van der Waals surface area (Å²) >= 11 is 0. The molecule has 0 atom stereocenters. The molecule has 18 aromatic carbocycles. The molecule has 0 radical (unpaired) electrons. The van der Waals surface area contributed by atoms with Crippen LogP contribution in [-0.4, -0.2) is 89.6 Å². The summed E-state index contributed by atoms with van der Waals surface area (Å²) in [6.45, 7) is 14.2. The highest BCUT2D eigenvalue weighted by molar-refractivity contribution is 7.99. The van der Waals surface area contributed by atoms with Crippen LogP contribution in [0, 0.1) is 5.82 Å². The van der Waals surface area contributed by atoms with Crippen molar-refractivity contribution in [3.63, 3.8) is 0 Å². The van der Waals surface area contributed by atoms with Gasteiger partial charge in [0.2, 0.25) is 5.78 Å². The minimum atomic E-state index is -0.196. The molecule has 145 heavy (non-hydrogen) atoms. The highest BCUT2D eigenvalue weighted by atomic mass is 32.2. The number of aromatic hydroxyl groups is 1. The molecule has 21 rings (SSSR count). The van der Waals surface area contributed by atoms with Gasteiger partial charge in [0.05, 0.1) is 50.2 Å². The van der Waals surface area contributed by atoms with Crippen molar-refractivity contribution in [1.82, 2.24) is 0 Å². The fourth-order valence-electron chi connectivity index (χ4n) is 16.9. The Morgan fingerprint density at radius 1 is 0.303 bits per heavy atom. The molecule has 0 amide bonds. The summed E-state index contributed by atoms with van der Waals surface area (Å²) in [6.07, 6.45) is 12.6. The standard InChI is InChI=1S/C22H23OS.C22H23S.C18H14FS.C18H15S.C17H21O2S.C14H14OS.C12H15OS.C8H11S/c1-22(2,3)23-18-14-16-21(17-15-18)24(19-10-6-4-7-11-19)20-12-8-5-9-13-20;1-22(2,3)18-14-16-21(17-15-18)23(19-10-6-4-7-11-19)20-12-8-5-9-13-20;19-15-11-13-18(14-12-15)20(16-7-3-1-4-8-16)17-9-5-2-6-10-17;1-4-10-16(11-5-1)19(17-12-6-2-7-13-17)18-14-8-3-9-15-18;1-18-10-11-19-16-8-9-17(20-12-4-5-13-20)15-7-3-2-6-14(15)16;15-13-7-8-14(16-9-3-4-10-16)12-6-2-1-5-11(12)13;13-12(10-14-8-4-5-9-14)11-6-2-1-3-7-11;1-9(2)8-6-4-3-5-7-8/h4-17H,1-3H3;4-17H,1-3H3;1-14H;1-15H;2-3,6-9H,4-5,10-13H2,1H3;1-2,5-8H,3-4,9-10H2;1-3,6-7H,4-5,8-10H2;3-7H,1-2H3/q5*+1;;2*+1/p+1. The van der Waals surface area contributed by atoms with Crippen LogP contribution >= 0.6 is 0 Å². The fraction of sp³-hybridized carbons (Fsp3) is 0.198. The molecule has 738 valence electrons. The van der Waals surface area contributed by atoms with Crippen molar-refractivity contribution in [2.45, 2.75) is 165 Å². The number of carbonyl (C=O) groups excluding carboxylic acids is 1. The van der Waals surface area contributed by atoms with Gasteiger partial charge in [0.1, 0.15) is 82.3 Å². The lowest BCUT2D eigenvalue weighted by atomic mass is 9.87. The first kappa shape index (κ1) is 109. The van der Waals surface area contributed by atoms with E-state index in [0.29, 0.717) is 68.3 Å². The third-order valence-electron chi connectivity index (χ3n) is 24.0. The third kappa shape index (κ3) is 33.4. The van der Waals surface area contributed by atoms with Crippen LogP contribution in [0.1, 0.15) is 96.0 Å². The topological polar surface area (TPSA) is 65.0 Å². The lowest BCUT2D eigenvalue weighted by Crippen LogP contribution is -2.22. The van der Waals surface area contributed by atoms with Crippen LogP contribution in [0.5, 0.6) is 17.2 Å². The highest BCUT2D eigenvalue weighted by Gasteiger charge is 2.36. The summed E-state index contributed by atoms with van der Waals surface area (Å²) in [6, 6.07) is 166. The van der Waals surface area contributed by atoms with Gasteiger partial charge in [-0.25, -0.2) is 4.39 Å². The van der Waals surface area contributed by atoms with Crippen LogP contribution in [0.3, 0.4) is 0 Å². The number of phenolic OH excluding ortho intramolecular Hbond substituents is 1. The van der Waals surface area contributed by atoms with Gasteiger partial charge in [0.15, 0.2) is 79.2 Å². The average molecular weight is 2070 g/mol. The molecule has 14 heteroatoms. The molecule has 0 aliphatic carbocycles. The van der Waals surface area contributed by atoms with Gasteiger partial charge in [0.25, 0.3) is 0 Å². The molecular weight excluding hydrogens is 1930 g/mol. The van der Waals surface area contributed by atoms with Crippen LogP contribution in [0.15, 0.2) is 553 Å². The Balaban J connectivity index is 0.000000133. The number of hydrogen-bond acceptors (Lipinski definition) is 5. The summed E-state index contributed by atoms with van der Waals surface area (Å²) in [5.74, 6) is 11.1. The second-order valence-electron chi connectivity index (χ2n) is 37.0. The lowest BCUT2D eigenvalue weighted by Gasteiger charge is -2.21. The van der Waals surface area contributed by atoms with Gasteiger partial charge in [0, 0.05) is 66.9 Å². The number of halogens is 1. The van der Waals surface area contributed by atoms with Crippen LogP contribution in [0.25, 0.3) is 21.5 Å². The van der Waals surface area contributed by atoms with Crippen molar-refractivity contribution in [1.29, 1.82) is 0 Å². The van der Waals surface area contributed by atoms with Crippen molar-refractivity contribution < 1.29 is 28.5 Å². The predicted molar refractivity (Wildman–Crippen MR) is 627 cm³/mol. The first-order valence-electron chi connectivity index (χ1n) is 49.9. The van der Waals surface area contributed by atoms with Crippen molar-refractivity contribution in [2.24, 2.45) is 0 Å². The van der Waals surface area contributed by atoms with Gasteiger partial charge < -0.3 is 19.3 Å². The van der Waals surface area contributed by atoms with E-state index in [4.69, 9.17) is 14.2 Å². The van der Waals surface area contributed by atoms with Crippen LogP contribution in [0.2, 0.25) is 0 Å². The van der Waals surface area contributed by atoms with Crippen molar-refractivity contribution in [3.8, 4) is 17.2 Å². The molecule has 0 spiro atoms. The van der Waals surface area contributed by atoms with E-state index in [1.807, 2.05) is 97.1 Å². The van der Waals surface area contributed by atoms with E-state index in [-0.39, 0.29) is 60.4 Å². The summed E-state index contributed by atoms with van der Waals surface area (Å²) in [5.41, 5.74) is 2.27. The van der Waals surface area contributed by atoms with E-state index < -0.39 is 0 Å². The minimum Gasteiger partial charge on any atom is -0.507 e. The first-order valence-corrected chi connectivity index (χ1v) is 61.7. The molecule has 3 aliphatic heterocycles. The minimum absolute atomic E-state index is 0.0146. The predicted octanol–water partition coefficient (Wildman–Crippen LogP) is 32.9. The molecule has 3 heterocycles. The molecule has 3 fully saturated rings. The summed E-state index contributed by atoms with van der Waals surface area (Å²) in [7, 11) is 3.01. The lowest BCUT2D eigenvalue weighted by molar-refractivity contribution is 0.102. The Morgan fingerprint density at radius 3 is 0.897 bits per heavy atom. The summed E-state index contributed by atoms with van der Waals surface area (Å²) in [5, 5.41) is 14.7. The first-order chi connectivity index (χ1) is 70.8. The number of hydrogen-bond donors (Lipinski definition) is 1. The van der Waals surface area contributed by atoms with E-state index in [0.717, 1.165) is 33.1 Å². The van der Waals surface area contributed by atoms with Crippen molar-refractivity contribution in [2.75, 3.05) is 73.1 Å². The second-order valence-corrected chi connectivity index (χ2v) is 54.1. The molecule has 0 unspecified atom stereocenters. The second kappa shape index (κ2) is 57.4. The van der Waals surface area contributed by atoms with Gasteiger partial charge >= 0.3 is 0 Å². The molecule has 0 saturated carbocycles. The van der Waals surface area contributed by atoms with Gasteiger partial charge in [-0.05, 0) is 300 Å². The maximum Gasteiger partial charge on any atom is 0.211 e. The van der Waals surface area contributed by atoms with Crippen molar-refractivity contribution >= 4 is 114 Å². The largest absolute Gasteiger partial charge is 0.507 e. The number of methoxy groups -OCH3 is 1. The van der Waals surface area contributed by atoms with E-state index in [2.05, 4.69) is 424 Å². The van der Waals surface area contributed by atoms with Gasteiger partial charge in [-0.2, -0.15) is 0 Å². The summed E-state index contributed by atoms with van der Waals surface area (Å²) < 4.78 is 30.0. The fourth-order valence-corrected chi connectivity index (χ4v) is 33.2. The molecule has 18 aromatic rings. The van der Waals surface area contributed by atoms with E-state index in [1.165, 1.54) is 175 Å². The maximum absolute atomic E-state index is 13.2. The molecule has 3 aliphatic rings. The zero-order valence-electron chi connectivity index (χ0n) is 84.9. The Bertz CT molecular complexity index is 6560. The highest BCUT2D eigenvalue weighted by Crippen LogP contribution is 2.41. The Kier molecular flexibility index (Phi) is 43.1. The van der Waals surface area contributed by atoms with Crippen LogP contribution in [0.4, 0.5) is 4.39 Å². The number of Topliss-reactive ketones (excluding diaryl/α,β-unsaturated/α-hetero) is 1. The number of benzene rings is 18. The van der Waals surface area contributed by atoms with Gasteiger partial charge in [-0.3, -0.25) is 4.79 Å². The number of phenols is 1. The third-order valence-corrected chi connectivity index (χ3v) is 41.6. The van der Waals surface area contributed by atoms with Crippen LogP contribution < -0.4 is 9.47 Å². The number of fused-ring (bicyclic) bond motifs is 2. The normalized spacial score (nSPS) is 13.0. The molecule has 0 aromatic heterocycles. The Labute approximate surface area is 886 Å². The zero-order valence-corrected chi connectivity index (χ0v) is 91.5. The van der Waals surface area contributed by atoms with Gasteiger partial charge in [-0.1, -0.05) is 282 Å². The van der Waals surface area contributed by atoms with E-state index >= 15 is 0 Å². The number of ether oxygens (including phenoxy) is 3. The van der Waals surface area contributed by atoms with E-state index in [1.54, 1.807) is 7.11 Å². The molecular formula is C131H137FO5S8+8. The van der Waals surface area contributed by atoms with Crippen molar-refractivity contribution in [3.05, 3.63) is 496 Å². The van der Waals surface area contributed by atoms with Gasteiger partial charge in [-0.15, -0.1) is 0 Å². The Hall–Kier alpha value is -11.8. The molecule has 1 N–H and O–H groups in total. The summed E-state index contributed by atoms with van der Waals surface area (Å²) in [4.78, 5) is 32.0. The monoisotopic (exact) mass is 2060 g/mol. The zero-order chi connectivity index (χ0) is 101. The van der Waals surface area contributed by atoms with E-state index in [9.17, 15) is 14.3 Å². The molecule has 3 saturated heterocycles. The number of carbonyl (C=O) groups is 1. The average Bonchev–Trinajstić information content (AvgIpc) is 1.80. The number of rotatable bonds is 23. The molecule has 5 nitrogen and oxygen atoms in total. The quantitative estimate of drug-likeness (QED) is 0.0393. The maximum atomic E-state index is 13.2. The number of ketones is 1. The smallest absolute Gasteiger partial charge is 0.211 e. The van der Waals surface area contributed by atoms with Crippen LogP contribution in [-0.2, 0) is 97.3 Å². The SMILES string of the molecule is CC(C)(C)Oc1ccc([S+](c2ccccc2)c2ccccc2)cc1.CC(C)(C)c1ccc([S+](c2ccccc2)c2ccccc2)cc1.COCCOc1ccc([S+]2CCCC2)c2ccccc12.C[S+](C)c1ccccc1.Fc1ccc([S+](c2ccccc2)c2ccccc2)cc1.O=C(C[S+]1CCCC1)c1ccccc1.Oc1ccc([S+]2CCCC2)c2ccccc12.c1ccc([S+](c2ccccc2)c2ccccc2)cc1. The molecule has 0 bridgehead atoms.